The predicted molar refractivity (Wildman–Crippen MR) is 249 cm³/mol. The van der Waals surface area contributed by atoms with Crippen LogP contribution in [0.4, 0.5) is 0 Å². The normalized spacial score (nSPS) is 16.5. The first-order valence-electron chi connectivity index (χ1n) is 22.0. The summed E-state index contributed by atoms with van der Waals surface area (Å²) in [6, 6.07) is 0. The maximum absolute atomic E-state index is 12.7. The van der Waals surface area contributed by atoms with Crippen LogP contribution in [-0.2, 0) is 19.1 Å². The van der Waals surface area contributed by atoms with Crippen molar-refractivity contribution in [3.05, 3.63) is 116 Å². The van der Waals surface area contributed by atoms with Gasteiger partial charge < -0.3 is 14.6 Å². The van der Waals surface area contributed by atoms with Crippen molar-refractivity contribution in [2.45, 2.75) is 190 Å². The molecule has 0 bridgehead atoms. The Morgan fingerprint density at radius 1 is 0.500 bits per heavy atom. The Bertz CT molecular complexity index is 1620. The van der Waals surface area contributed by atoms with Crippen LogP contribution in [0.3, 0.4) is 0 Å². The molecule has 5 nitrogen and oxygen atoms in total. The Morgan fingerprint density at radius 2 is 0.810 bits per heavy atom. The van der Waals surface area contributed by atoms with E-state index in [1.165, 1.54) is 77.7 Å². The van der Waals surface area contributed by atoms with Gasteiger partial charge in [0.05, 0.1) is 19.8 Å². The lowest BCUT2D eigenvalue weighted by atomic mass is 9.88. The molecule has 5 heteroatoms. The molecule has 1 N–H and O–H groups in total. The van der Waals surface area contributed by atoms with Crippen molar-refractivity contribution in [2.24, 2.45) is 0 Å². The van der Waals surface area contributed by atoms with E-state index >= 15 is 0 Å². The smallest absolute Gasteiger partial charge is 0.227 e. The van der Waals surface area contributed by atoms with Crippen LogP contribution in [0.25, 0.3) is 0 Å². The fourth-order valence-electron chi connectivity index (χ4n) is 6.95. The van der Waals surface area contributed by atoms with Gasteiger partial charge in [0.25, 0.3) is 0 Å². The minimum atomic E-state index is -0.951. The Labute approximate surface area is 355 Å². The molecule has 0 saturated heterocycles. The summed E-state index contributed by atoms with van der Waals surface area (Å²) >= 11 is 0. The van der Waals surface area contributed by atoms with E-state index in [2.05, 4.69) is 111 Å². The molecule has 1 unspecified atom stereocenters. The van der Waals surface area contributed by atoms with E-state index in [0.29, 0.717) is 24.8 Å². The number of aliphatic hydroxyl groups is 1. The number of rotatable bonds is 29. The monoisotopic (exact) mass is 799 g/mol. The summed E-state index contributed by atoms with van der Waals surface area (Å²) in [7, 11) is 2.69. The van der Waals surface area contributed by atoms with Crippen LogP contribution in [0.1, 0.15) is 185 Å². The van der Waals surface area contributed by atoms with Crippen molar-refractivity contribution in [1.29, 1.82) is 0 Å². The number of allylic oxidation sites excluding steroid dienone is 18. The van der Waals surface area contributed by atoms with E-state index in [1.807, 2.05) is 0 Å². The van der Waals surface area contributed by atoms with E-state index in [0.717, 1.165) is 83.5 Å². The summed E-state index contributed by atoms with van der Waals surface area (Å²) in [5, 5.41) is 11.0. The van der Waals surface area contributed by atoms with Gasteiger partial charge >= 0.3 is 0 Å². The van der Waals surface area contributed by atoms with Crippen molar-refractivity contribution in [1.82, 2.24) is 0 Å². The van der Waals surface area contributed by atoms with Gasteiger partial charge in [-0.25, -0.2) is 0 Å². The van der Waals surface area contributed by atoms with Crippen LogP contribution in [0.5, 0.6) is 0 Å². The molecule has 0 spiro atoms. The molecule has 0 saturated carbocycles. The molecule has 1 aliphatic rings. The molecule has 0 fully saturated rings. The Kier molecular flexibility index (Phi) is 26.6. The maximum atomic E-state index is 12.7. The zero-order valence-electron chi connectivity index (χ0n) is 39.0. The van der Waals surface area contributed by atoms with Gasteiger partial charge in [-0.15, -0.1) is 0 Å². The second kappa shape index (κ2) is 29.5. The van der Waals surface area contributed by atoms with Gasteiger partial charge in [0.1, 0.15) is 0 Å². The molecule has 0 heterocycles. The molecular weight excluding hydrogens is 717 g/mol. The number of carbonyl (C=O) groups excluding carboxylic acids is 2. The number of ketones is 2. The Hall–Kier alpha value is -3.70. The highest BCUT2D eigenvalue weighted by molar-refractivity contribution is 6.21. The fraction of sp³-hybridized carbons (Fsp3) is 0.585. The topological polar surface area (TPSA) is 72.8 Å². The average Bonchev–Trinajstić information content (AvgIpc) is 3.14. The maximum Gasteiger partial charge on any atom is 0.227 e. The summed E-state index contributed by atoms with van der Waals surface area (Å²) in [5.41, 5.74) is 11.1. The van der Waals surface area contributed by atoms with E-state index < -0.39 is 5.60 Å². The number of carbonyl (C=O) groups is 2. The highest BCUT2D eigenvalue weighted by Crippen LogP contribution is 2.28. The lowest BCUT2D eigenvalue weighted by Gasteiger charge is -2.24. The van der Waals surface area contributed by atoms with Crippen molar-refractivity contribution in [3.63, 3.8) is 0 Å². The molecule has 0 aromatic rings. The van der Waals surface area contributed by atoms with Crippen LogP contribution in [0.15, 0.2) is 116 Å². The molecule has 0 aromatic carbocycles. The molecule has 0 aliphatic heterocycles. The number of hydrogen-bond acceptors (Lipinski definition) is 5. The van der Waals surface area contributed by atoms with Gasteiger partial charge in [-0.05, 0) is 191 Å². The molecule has 1 atom stereocenters. The first-order chi connectivity index (χ1) is 27.5. The first kappa shape index (κ1) is 52.3. The number of methoxy groups -OCH3 is 2. The van der Waals surface area contributed by atoms with Gasteiger partial charge in [-0.1, -0.05) is 93.2 Å². The van der Waals surface area contributed by atoms with E-state index in [1.54, 1.807) is 6.92 Å². The van der Waals surface area contributed by atoms with Crippen LogP contribution in [0.2, 0.25) is 0 Å². The quantitative estimate of drug-likeness (QED) is 0.0603. The molecule has 0 radical (unpaired) electrons. The molecule has 324 valence electrons. The van der Waals surface area contributed by atoms with Gasteiger partial charge in [0, 0.05) is 5.57 Å². The van der Waals surface area contributed by atoms with Crippen molar-refractivity contribution < 1.29 is 24.2 Å². The standard InChI is InChI=1S/C53H82O5/c1-40(2)21-13-22-41(3)23-14-24-42(4)25-15-26-43(5)27-16-28-44(6)29-17-30-45(7)31-18-32-46(8)33-19-34-47(9)35-20-37-53(10,56)38-36-48-39-49(54)51(57-11)52(58-12)50(48)55/h21,23,25,27,29,31,33,35,39,56H,13-20,22,24,26,28,30,32,34,36-38H2,1-12H3/b41-23+,42-25+,43-27+,44-29+,45-31+,46-33+,47-35+. The van der Waals surface area contributed by atoms with Gasteiger partial charge in [-0.2, -0.15) is 0 Å². The van der Waals surface area contributed by atoms with Crippen LogP contribution in [-0.4, -0.2) is 36.5 Å². The Balaban J connectivity index is 2.30. The molecule has 58 heavy (non-hydrogen) atoms. The zero-order valence-corrected chi connectivity index (χ0v) is 39.0. The van der Waals surface area contributed by atoms with Gasteiger partial charge in [0.2, 0.25) is 23.1 Å². The lowest BCUT2D eigenvalue weighted by Crippen LogP contribution is -2.26. The van der Waals surface area contributed by atoms with Gasteiger partial charge in [-0.3, -0.25) is 9.59 Å². The van der Waals surface area contributed by atoms with E-state index in [4.69, 9.17) is 9.47 Å². The highest BCUT2D eigenvalue weighted by Gasteiger charge is 2.32. The van der Waals surface area contributed by atoms with Crippen LogP contribution < -0.4 is 0 Å². The van der Waals surface area contributed by atoms with Crippen molar-refractivity contribution >= 4 is 11.6 Å². The SMILES string of the molecule is COC1=C(OC)C(=O)C(CCC(C)(O)CC/C=C(\C)CC/C=C(\C)CC/C=C(\C)CC/C=C(\C)CC/C=C(\C)CC/C=C(\C)CC/C=C(\C)CCC=C(C)C)=CC1=O. The lowest BCUT2D eigenvalue weighted by molar-refractivity contribution is -0.120. The average molecular weight is 799 g/mol. The highest BCUT2D eigenvalue weighted by atomic mass is 16.5. The minimum absolute atomic E-state index is 0.0709. The summed E-state index contributed by atoms with van der Waals surface area (Å²) in [6.07, 6.45) is 38.0. The fourth-order valence-corrected chi connectivity index (χ4v) is 6.95. The van der Waals surface area contributed by atoms with Gasteiger partial charge in [0.15, 0.2) is 0 Å². The summed E-state index contributed by atoms with van der Waals surface area (Å²) in [6.45, 7) is 21.9. The number of Topliss-reactive ketones (excluding diaryl/α,β-unsaturated/α-hetero) is 1. The van der Waals surface area contributed by atoms with Crippen molar-refractivity contribution in [3.8, 4) is 0 Å². The molecule has 1 rings (SSSR count). The summed E-state index contributed by atoms with van der Waals surface area (Å²) in [4.78, 5) is 25.0. The van der Waals surface area contributed by atoms with Crippen LogP contribution >= 0.6 is 0 Å². The molecule has 1 aliphatic carbocycles. The minimum Gasteiger partial charge on any atom is -0.490 e. The zero-order chi connectivity index (χ0) is 43.5. The molecular formula is C53H82O5. The van der Waals surface area contributed by atoms with Crippen LogP contribution in [0, 0.1) is 0 Å². The predicted octanol–water partition coefficient (Wildman–Crippen LogP) is 14.9. The van der Waals surface area contributed by atoms with Crippen molar-refractivity contribution in [2.75, 3.05) is 14.2 Å². The third kappa shape index (κ3) is 24.3. The number of hydrogen-bond donors (Lipinski definition) is 1. The third-order valence-corrected chi connectivity index (χ3v) is 11.0. The summed E-state index contributed by atoms with van der Waals surface area (Å²) < 4.78 is 10.2. The first-order valence-corrected chi connectivity index (χ1v) is 22.0. The Morgan fingerprint density at radius 3 is 1.12 bits per heavy atom. The van der Waals surface area contributed by atoms with E-state index in [9.17, 15) is 14.7 Å². The molecule has 0 aromatic heterocycles. The second-order valence-electron chi connectivity index (χ2n) is 17.4. The second-order valence-corrected chi connectivity index (χ2v) is 17.4. The largest absolute Gasteiger partial charge is 0.490 e. The molecule has 0 amide bonds. The third-order valence-electron chi connectivity index (χ3n) is 11.0. The van der Waals surface area contributed by atoms with E-state index in [-0.39, 0.29) is 23.1 Å². The number of ether oxygens (including phenoxy) is 2. The summed E-state index contributed by atoms with van der Waals surface area (Å²) in [5.74, 6) is -0.889.